The Labute approximate surface area is 197 Å². The third kappa shape index (κ3) is 9.86. The number of alkyl halides is 6. The molecule has 9 nitrogen and oxygen atoms in total. The fourth-order valence-corrected chi connectivity index (χ4v) is 7.17. The van der Waals surface area contributed by atoms with Crippen LogP contribution in [0, 0.1) is 5.92 Å². The van der Waals surface area contributed by atoms with Gasteiger partial charge in [0.1, 0.15) is 0 Å². The molecule has 1 rings (SSSR count). The Morgan fingerprint density at radius 3 is 1.50 bits per heavy atom. The van der Waals surface area contributed by atoms with Crippen molar-refractivity contribution in [3.05, 3.63) is 4.13 Å². The fourth-order valence-electron chi connectivity index (χ4n) is 3.60. The molecular formula is C16H32F6N2O7S2Si. The van der Waals surface area contributed by atoms with E-state index in [9.17, 15) is 43.2 Å². The Bertz CT molecular complexity index is 776. The largest absolute Gasteiger partial charge is 0.505 e. The molecule has 0 spiro atoms. The summed E-state index contributed by atoms with van der Waals surface area (Å²) in [4.78, 5) is 0. The van der Waals surface area contributed by atoms with Gasteiger partial charge < -0.3 is 21.9 Å². The van der Waals surface area contributed by atoms with Crippen LogP contribution in [-0.2, 0) is 33.3 Å². The average molecular weight is 571 g/mol. The van der Waals surface area contributed by atoms with Crippen LogP contribution in [0.2, 0.25) is 6.04 Å². The highest BCUT2D eigenvalue weighted by Crippen LogP contribution is 2.36. The summed E-state index contributed by atoms with van der Waals surface area (Å²) in [6.07, 6.45) is 4.10. The summed E-state index contributed by atoms with van der Waals surface area (Å²) in [7, 11) is -10.7. The number of rotatable bonds is 10. The van der Waals surface area contributed by atoms with E-state index >= 15 is 0 Å². The second kappa shape index (κ2) is 12.6. The Morgan fingerprint density at radius 2 is 1.21 bits per heavy atom. The number of hydrogen-bond donors (Lipinski definition) is 0. The summed E-state index contributed by atoms with van der Waals surface area (Å²) in [5.74, 6) is 0.738. The van der Waals surface area contributed by atoms with E-state index in [1.807, 2.05) is 0 Å². The SMILES string of the molecule is CO[Si](CC[N+]1(CC(C)C)CCCCC1)(OC)OC.O=S(=O)([N-]S(=O)(=O)C(F)(F)F)C(F)(F)F. The lowest BCUT2D eigenvalue weighted by atomic mass is 10.0. The Hall–Kier alpha value is -0.503. The van der Waals surface area contributed by atoms with E-state index in [0.717, 1.165) is 22.6 Å². The van der Waals surface area contributed by atoms with E-state index in [1.165, 1.54) is 43.4 Å². The standard InChI is InChI=1S/C14H32NO3Si.C2F6NO4S2/c1-14(2)13-15(9-7-6-8-10-15)11-12-19(16-3,17-4)18-5;3-1(4,5)14(10,11)9-15(12,13)2(6,7)8/h14H,6-13H2,1-5H3;/q+1;-1. The topological polar surface area (TPSA) is 110 Å². The number of likely N-dealkylation sites (tertiary alicyclic amines) is 1. The molecule has 0 aliphatic carbocycles. The van der Waals surface area contributed by atoms with Crippen molar-refractivity contribution in [1.82, 2.24) is 0 Å². The lowest BCUT2D eigenvalue weighted by Crippen LogP contribution is -2.57. The molecule has 1 saturated heterocycles. The van der Waals surface area contributed by atoms with Crippen LogP contribution in [0.25, 0.3) is 4.13 Å². The summed E-state index contributed by atoms with van der Waals surface area (Å²) < 4.78 is 127. The lowest BCUT2D eigenvalue weighted by molar-refractivity contribution is -0.933. The molecule has 0 aromatic heterocycles. The predicted octanol–water partition coefficient (Wildman–Crippen LogP) is 3.58. The molecule has 0 saturated carbocycles. The van der Waals surface area contributed by atoms with Crippen LogP contribution in [0.5, 0.6) is 0 Å². The first-order valence-electron chi connectivity index (χ1n) is 10.1. The van der Waals surface area contributed by atoms with Crippen LogP contribution in [0.3, 0.4) is 0 Å². The summed E-state index contributed by atoms with van der Waals surface area (Å²) in [5.41, 5.74) is -12.4. The molecule has 1 heterocycles. The van der Waals surface area contributed by atoms with Crippen molar-refractivity contribution < 1.29 is 60.9 Å². The van der Waals surface area contributed by atoms with Crippen molar-refractivity contribution in [2.24, 2.45) is 5.92 Å². The Kier molecular flexibility index (Phi) is 12.5. The van der Waals surface area contributed by atoms with Gasteiger partial charge in [-0.25, -0.2) is 16.8 Å². The first kappa shape index (κ1) is 33.5. The fraction of sp³-hybridized carbons (Fsp3) is 1.00. The smallest absolute Gasteiger partial charge is 0.421 e. The molecule has 1 aliphatic heterocycles. The van der Waals surface area contributed by atoms with Crippen molar-refractivity contribution >= 4 is 28.9 Å². The monoisotopic (exact) mass is 570 g/mol. The van der Waals surface area contributed by atoms with Gasteiger partial charge in [0, 0.05) is 27.2 Å². The van der Waals surface area contributed by atoms with Crippen LogP contribution in [-0.4, -0.2) is 88.6 Å². The second-order valence-electron chi connectivity index (χ2n) is 8.11. The summed E-state index contributed by atoms with van der Waals surface area (Å²) in [5, 5.41) is 0. The normalized spacial score (nSPS) is 17.9. The van der Waals surface area contributed by atoms with E-state index in [0.29, 0.717) is 0 Å². The van der Waals surface area contributed by atoms with E-state index in [1.54, 1.807) is 21.3 Å². The molecule has 0 aromatic rings. The minimum atomic E-state index is -6.72. The van der Waals surface area contributed by atoms with Crippen LogP contribution in [0.1, 0.15) is 33.1 Å². The van der Waals surface area contributed by atoms with Gasteiger partial charge >= 0.3 is 19.8 Å². The average Bonchev–Trinajstić information content (AvgIpc) is 2.68. The summed E-state index contributed by atoms with van der Waals surface area (Å²) in [6, 6.07) is 0.920. The molecule has 0 bridgehead atoms. The Morgan fingerprint density at radius 1 is 0.824 bits per heavy atom. The van der Waals surface area contributed by atoms with Crippen molar-refractivity contribution in [2.45, 2.75) is 50.2 Å². The molecule has 1 aliphatic rings. The van der Waals surface area contributed by atoms with Gasteiger partial charge in [-0.3, -0.25) is 0 Å². The zero-order valence-corrected chi connectivity index (χ0v) is 22.2. The minimum absolute atomic E-state index is 0.738. The van der Waals surface area contributed by atoms with Crippen molar-refractivity contribution in [3.63, 3.8) is 0 Å². The molecule has 0 unspecified atom stereocenters. The highest BCUT2D eigenvalue weighted by molar-refractivity contribution is 8.13. The van der Waals surface area contributed by atoms with Gasteiger partial charge in [-0.2, -0.15) is 26.3 Å². The van der Waals surface area contributed by atoms with Crippen molar-refractivity contribution in [3.8, 4) is 0 Å². The molecule has 0 atom stereocenters. The lowest BCUT2D eigenvalue weighted by Gasteiger charge is -2.44. The quantitative estimate of drug-likeness (QED) is 0.224. The molecule has 0 amide bonds. The molecular weight excluding hydrogens is 538 g/mol. The van der Waals surface area contributed by atoms with Gasteiger partial charge in [0.2, 0.25) is 0 Å². The predicted molar refractivity (Wildman–Crippen MR) is 113 cm³/mol. The number of sulfonamides is 2. The van der Waals surface area contributed by atoms with Gasteiger partial charge in [0.25, 0.3) is 0 Å². The summed E-state index contributed by atoms with van der Waals surface area (Å²) >= 11 is 0. The second-order valence-corrected chi connectivity index (χ2v) is 14.6. The third-order valence-electron chi connectivity index (χ3n) is 5.12. The maximum absolute atomic E-state index is 11.4. The van der Waals surface area contributed by atoms with Crippen LogP contribution in [0.15, 0.2) is 0 Å². The minimum Gasteiger partial charge on any atom is -0.421 e. The molecule has 206 valence electrons. The van der Waals surface area contributed by atoms with Crippen molar-refractivity contribution in [2.75, 3.05) is 47.5 Å². The number of nitrogens with zero attached hydrogens (tertiary/aromatic N) is 2. The Balaban J connectivity index is 0.000000661. The van der Waals surface area contributed by atoms with Crippen LogP contribution >= 0.6 is 0 Å². The molecule has 0 aromatic carbocycles. The third-order valence-corrected chi connectivity index (χ3v) is 10.6. The maximum Gasteiger partial charge on any atom is 0.505 e. The molecule has 34 heavy (non-hydrogen) atoms. The van der Waals surface area contributed by atoms with Crippen molar-refractivity contribution in [1.29, 1.82) is 0 Å². The molecule has 1 fully saturated rings. The number of piperidine rings is 1. The zero-order chi connectivity index (χ0) is 27.1. The first-order valence-corrected chi connectivity index (χ1v) is 14.9. The maximum atomic E-state index is 11.4. The van der Waals surface area contributed by atoms with E-state index < -0.39 is 39.9 Å². The molecule has 0 N–H and O–H groups in total. The van der Waals surface area contributed by atoms with Gasteiger partial charge in [-0.15, -0.1) is 0 Å². The highest BCUT2D eigenvalue weighted by atomic mass is 32.3. The highest BCUT2D eigenvalue weighted by Gasteiger charge is 2.47. The first-order chi connectivity index (χ1) is 15.2. The van der Waals surface area contributed by atoms with Gasteiger partial charge in [0.05, 0.1) is 32.2 Å². The van der Waals surface area contributed by atoms with E-state index in [2.05, 4.69) is 13.8 Å². The van der Waals surface area contributed by atoms with Gasteiger partial charge in [-0.05, 0) is 19.3 Å². The zero-order valence-electron chi connectivity index (χ0n) is 19.6. The van der Waals surface area contributed by atoms with Crippen LogP contribution in [0.4, 0.5) is 26.3 Å². The number of hydrogen-bond acceptors (Lipinski definition) is 7. The van der Waals surface area contributed by atoms with Gasteiger partial charge in [0.15, 0.2) is 20.0 Å². The van der Waals surface area contributed by atoms with Gasteiger partial charge in [-0.1, -0.05) is 13.8 Å². The molecule has 18 heteroatoms. The van der Waals surface area contributed by atoms with E-state index in [-0.39, 0.29) is 0 Å². The molecule has 0 radical (unpaired) electrons. The number of quaternary nitrogens is 1. The van der Waals surface area contributed by atoms with Crippen LogP contribution < -0.4 is 0 Å². The summed E-state index contributed by atoms with van der Waals surface area (Å²) in [6.45, 7) is 9.64. The number of halogens is 6. The van der Waals surface area contributed by atoms with E-state index in [4.69, 9.17) is 13.3 Å².